The van der Waals surface area contributed by atoms with E-state index >= 15 is 0 Å². The molecule has 0 amide bonds. The van der Waals surface area contributed by atoms with E-state index in [9.17, 15) is 5.11 Å². The zero-order chi connectivity index (χ0) is 16.2. The van der Waals surface area contributed by atoms with E-state index in [1.54, 1.807) is 0 Å². The first-order valence-electron chi connectivity index (χ1n) is 8.52. The van der Waals surface area contributed by atoms with Crippen molar-refractivity contribution in [2.24, 2.45) is 0 Å². The summed E-state index contributed by atoms with van der Waals surface area (Å²) in [5.41, 5.74) is 2.10. The van der Waals surface area contributed by atoms with Crippen molar-refractivity contribution in [1.29, 1.82) is 0 Å². The van der Waals surface area contributed by atoms with Crippen LogP contribution in [0.1, 0.15) is 44.2 Å². The van der Waals surface area contributed by atoms with Crippen LogP contribution in [0.4, 0.5) is 0 Å². The number of likely N-dealkylation sites (tertiary alicyclic amines) is 1. The minimum atomic E-state index is -0.577. The van der Waals surface area contributed by atoms with E-state index in [0.717, 1.165) is 32.0 Å². The zero-order valence-electron chi connectivity index (χ0n) is 14.7. The van der Waals surface area contributed by atoms with Crippen molar-refractivity contribution < 1.29 is 5.11 Å². The molecule has 3 heteroatoms. The van der Waals surface area contributed by atoms with Crippen LogP contribution >= 0.6 is 0 Å². The van der Waals surface area contributed by atoms with Gasteiger partial charge in [0.1, 0.15) is 0 Å². The van der Waals surface area contributed by atoms with Crippen molar-refractivity contribution in [3.8, 4) is 0 Å². The van der Waals surface area contributed by atoms with Crippen LogP contribution in [-0.2, 0) is 13.0 Å². The Morgan fingerprint density at radius 3 is 2.41 bits per heavy atom. The van der Waals surface area contributed by atoms with E-state index in [1.807, 2.05) is 13.8 Å². The third-order valence-corrected chi connectivity index (χ3v) is 4.69. The molecule has 1 heterocycles. The third kappa shape index (κ3) is 5.71. The average molecular weight is 304 g/mol. The van der Waals surface area contributed by atoms with Crippen molar-refractivity contribution in [2.75, 3.05) is 27.2 Å². The Balaban J connectivity index is 1.80. The Hall–Kier alpha value is -0.900. The van der Waals surface area contributed by atoms with Gasteiger partial charge in [0, 0.05) is 19.1 Å². The SMILES string of the molecule is CN(Cc1ccc(CCC(C)(C)O)cc1)C[C@H]1CCCN1C. The van der Waals surface area contributed by atoms with Gasteiger partial charge in [-0.15, -0.1) is 0 Å². The third-order valence-electron chi connectivity index (χ3n) is 4.69. The molecule has 0 saturated carbocycles. The molecule has 0 radical (unpaired) electrons. The summed E-state index contributed by atoms with van der Waals surface area (Å²) in [7, 11) is 4.46. The lowest BCUT2D eigenvalue weighted by Crippen LogP contribution is -2.36. The predicted molar refractivity (Wildman–Crippen MR) is 93.0 cm³/mol. The summed E-state index contributed by atoms with van der Waals surface area (Å²) < 4.78 is 0. The van der Waals surface area contributed by atoms with Crippen molar-refractivity contribution in [3.63, 3.8) is 0 Å². The molecule has 1 aromatic rings. The molecule has 2 rings (SSSR count). The standard InChI is InChI=1S/C19H32N2O/c1-19(2,22)12-11-16-7-9-17(10-8-16)14-20(3)15-18-6-5-13-21(18)4/h7-10,18,22H,5-6,11-15H2,1-4H3/t18-/m1/s1. The Bertz CT molecular complexity index is 449. The molecule has 1 aliphatic heterocycles. The van der Waals surface area contributed by atoms with Crippen LogP contribution in [0.25, 0.3) is 0 Å². The molecule has 3 nitrogen and oxygen atoms in total. The highest BCUT2D eigenvalue weighted by atomic mass is 16.3. The second-order valence-electron chi connectivity index (χ2n) is 7.60. The van der Waals surface area contributed by atoms with Crippen LogP contribution < -0.4 is 0 Å². The summed E-state index contributed by atoms with van der Waals surface area (Å²) in [6.45, 7) is 7.15. The fourth-order valence-corrected chi connectivity index (χ4v) is 3.21. The number of hydrogen-bond donors (Lipinski definition) is 1. The highest BCUT2D eigenvalue weighted by Crippen LogP contribution is 2.17. The Kier molecular flexibility index (Phi) is 6.01. The van der Waals surface area contributed by atoms with Crippen molar-refractivity contribution in [1.82, 2.24) is 9.80 Å². The van der Waals surface area contributed by atoms with Crippen molar-refractivity contribution in [2.45, 2.75) is 57.7 Å². The fourth-order valence-electron chi connectivity index (χ4n) is 3.21. The summed E-state index contributed by atoms with van der Waals surface area (Å²) >= 11 is 0. The van der Waals surface area contributed by atoms with E-state index in [1.165, 1.54) is 30.5 Å². The van der Waals surface area contributed by atoms with Crippen LogP contribution in [-0.4, -0.2) is 53.7 Å². The van der Waals surface area contributed by atoms with Crippen LogP contribution in [0.5, 0.6) is 0 Å². The van der Waals surface area contributed by atoms with Crippen LogP contribution in [0, 0.1) is 0 Å². The largest absolute Gasteiger partial charge is 0.390 e. The van der Waals surface area contributed by atoms with Gasteiger partial charge in [0.05, 0.1) is 5.60 Å². The number of nitrogens with zero attached hydrogens (tertiary/aromatic N) is 2. The Morgan fingerprint density at radius 1 is 1.23 bits per heavy atom. The molecule has 1 aromatic carbocycles. The van der Waals surface area contributed by atoms with E-state index in [0.29, 0.717) is 0 Å². The molecule has 0 spiro atoms. The number of rotatable bonds is 7. The molecule has 1 fully saturated rings. The minimum absolute atomic E-state index is 0.577. The Morgan fingerprint density at radius 2 is 1.86 bits per heavy atom. The second kappa shape index (κ2) is 7.58. The first-order chi connectivity index (χ1) is 10.3. The quantitative estimate of drug-likeness (QED) is 0.839. The molecule has 124 valence electrons. The average Bonchev–Trinajstić information content (AvgIpc) is 2.82. The monoisotopic (exact) mass is 304 g/mol. The molecular formula is C19H32N2O. The molecular weight excluding hydrogens is 272 g/mol. The van der Waals surface area contributed by atoms with Gasteiger partial charge in [0.25, 0.3) is 0 Å². The van der Waals surface area contributed by atoms with E-state index in [4.69, 9.17) is 0 Å². The smallest absolute Gasteiger partial charge is 0.0594 e. The van der Waals surface area contributed by atoms with Crippen LogP contribution in [0.15, 0.2) is 24.3 Å². The van der Waals surface area contributed by atoms with Crippen molar-refractivity contribution in [3.05, 3.63) is 35.4 Å². The van der Waals surface area contributed by atoms with Crippen LogP contribution in [0.2, 0.25) is 0 Å². The molecule has 22 heavy (non-hydrogen) atoms. The van der Waals surface area contributed by atoms with E-state index < -0.39 is 5.60 Å². The summed E-state index contributed by atoms with van der Waals surface area (Å²) in [6, 6.07) is 9.59. The van der Waals surface area contributed by atoms with Gasteiger partial charge in [-0.05, 0) is 71.3 Å². The number of benzene rings is 1. The first-order valence-corrected chi connectivity index (χ1v) is 8.52. The van der Waals surface area contributed by atoms with Gasteiger partial charge in [-0.2, -0.15) is 0 Å². The molecule has 0 bridgehead atoms. The molecule has 1 atom stereocenters. The molecule has 1 aliphatic rings. The van der Waals surface area contributed by atoms with Crippen molar-refractivity contribution >= 4 is 0 Å². The normalized spacial score (nSPS) is 20.0. The molecule has 1 saturated heterocycles. The van der Waals surface area contributed by atoms with Gasteiger partial charge in [0.2, 0.25) is 0 Å². The fraction of sp³-hybridized carbons (Fsp3) is 0.684. The minimum Gasteiger partial charge on any atom is -0.390 e. The summed E-state index contributed by atoms with van der Waals surface area (Å²) in [5.74, 6) is 0. The lowest BCUT2D eigenvalue weighted by molar-refractivity contribution is 0.0714. The maximum absolute atomic E-state index is 9.80. The maximum atomic E-state index is 9.80. The lowest BCUT2D eigenvalue weighted by Gasteiger charge is -2.25. The summed E-state index contributed by atoms with van der Waals surface area (Å²) in [5, 5.41) is 9.80. The van der Waals surface area contributed by atoms with E-state index in [2.05, 4.69) is 48.2 Å². The number of hydrogen-bond acceptors (Lipinski definition) is 3. The van der Waals surface area contributed by atoms with Gasteiger partial charge < -0.3 is 14.9 Å². The number of likely N-dealkylation sites (N-methyl/N-ethyl adjacent to an activating group) is 2. The zero-order valence-corrected chi connectivity index (χ0v) is 14.7. The number of aliphatic hydroxyl groups is 1. The van der Waals surface area contributed by atoms with Crippen LogP contribution in [0.3, 0.4) is 0 Å². The van der Waals surface area contributed by atoms with Gasteiger partial charge in [-0.25, -0.2) is 0 Å². The van der Waals surface area contributed by atoms with Gasteiger partial charge in [0.15, 0.2) is 0 Å². The molecule has 1 N–H and O–H groups in total. The van der Waals surface area contributed by atoms with Gasteiger partial charge >= 0.3 is 0 Å². The summed E-state index contributed by atoms with van der Waals surface area (Å²) in [6.07, 6.45) is 4.41. The second-order valence-corrected chi connectivity index (χ2v) is 7.60. The van der Waals surface area contributed by atoms with E-state index in [-0.39, 0.29) is 0 Å². The predicted octanol–water partition coefficient (Wildman–Crippen LogP) is 2.92. The highest BCUT2D eigenvalue weighted by Gasteiger charge is 2.21. The first kappa shape index (κ1) is 17.5. The van der Waals surface area contributed by atoms with Gasteiger partial charge in [-0.1, -0.05) is 24.3 Å². The summed E-state index contributed by atoms with van der Waals surface area (Å²) in [4.78, 5) is 4.91. The molecule has 0 unspecified atom stereocenters. The maximum Gasteiger partial charge on any atom is 0.0594 e. The lowest BCUT2D eigenvalue weighted by atomic mass is 9.98. The Labute approximate surface area is 135 Å². The molecule has 0 aliphatic carbocycles. The highest BCUT2D eigenvalue weighted by molar-refractivity contribution is 5.22. The van der Waals surface area contributed by atoms with Gasteiger partial charge in [-0.3, -0.25) is 0 Å². The topological polar surface area (TPSA) is 26.7 Å². The molecule has 0 aromatic heterocycles. The number of aryl methyl sites for hydroxylation is 1.